The zero-order chi connectivity index (χ0) is 10.8. The summed E-state index contributed by atoms with van der Waals surface area (Å²) in [7, 11) is 0. The van der Waals surface area contributed by atoms with Crippen molar-refractivity contribution in [3.63, 3.8) is 0 Å². The molecule has 0 aliphatic carbocycles. The molecule has 80 valence electrons. The number of hydrogen-bond donors (Lipinski definition) is 0. The van der Waals surface area contributed by atoms with Crippen LogP contribution < -0.4 is 4.74 Å². The lowest BCUT2D eigenvalue weighted by Crippen LogP contribution is -1.97. The Balaban J connectivity index is 2.05. The zero-order valence-electron chi connectivity index (χ0n) is 8.77. The Bertz CT molecular complexity index is 441. The molecule has 2 heterocycles. The van der Waals surface area contributed by atoms with Gasteiger partial charge in [-0.25, -0.2) is 0 Å². The van der Waals surface area contributed by atoms with Gasteiger partial charge in [0.25, 0.3) is 0 Å². The minimum absolute atomic E-state index is 0.160. The predicted octanol–water partition coefficient (Wildman–Crippen LogP) is 1.56. The summed E-state index contributed by atoms with van der Waals surface area (Å²) in [6.07, 6.45) is 0.160. The van der Waals surface area contributed by atoms with Gasteiger partial charge in [0, 0.05) is 0 Å². The van der Waals surface area contributed by atoms with Crippen LogP contribution in [0.5, 0.6) is 6.08 Å². The van der Waals surface area contributed by atoms with Gasteiger partial charge in [-0.15, -0.1) is 0 Å². The van der Waals surface area contributed by atoms with E-state index >= 15 is 0 Å². The number of hydrogen-bond acceptors (Lipinski definition) is 6. The third-order valence-corrected chi connectivity index (χ3v) is 2.03. The minimum Gasteiger partial charge on any atom is -0.444 e. The molecule has 0 fully saturated rings. The number of rotatable bonds is 3. The van der Waals surface area contributed by atoms with Gasteiger partial charge in [-0.2, -0.15) is 4.98 Å². The quantitative estimate of drug-likeness (QED) is 0.763. The number of aromatic nitrogens is 3. The van der Waals surface area contributed by atoms with Crippen LogP contribution in [0, 0.1) is 20.8 Å². The highest BCUT2D eigenvalue weighted by molar-refractivity contribution is 5.19. The second kappa shape index (κ2) is 3.72. The van der Waals surface area contributed by atoms with E-state index in [1.165, 1.54) is 0 Å². The van der Waals surface area contributed by atoms with Crippen LogP contribution in [0.2, 0.25) is 0 Å². The van der Waals surface area contributed by atoms with Crippen molar-refractivity contribution in [2.24, 2.45) is 0 Å². The van der Waals surface area contributed by atoms with Crippen molar-refractivity contribution >= 4 is 0 Å². The molecular formula is C9H11N3O3. The molecule has 2 rings (SSSR count). The molecule has 0 aliphatic heterocycles. The van der Waals surface area contributed by atoms with Crippen molar-refractivity contribution in [1.29, 1.82) is 0 Å². The van der Waals surface area contributed by atoms with Gasteiger partial charge < -0.3 is 9.26 Å². The molecular weight excluding hydrogens is 198 g/mol. The molecule has 0 atom stereocenters. The van der Waals surface area contributed by atoms with Crippen LogP contribution >= 0.6 is 0 Å². The molecule has 6 heteroatoms. The smallest absolute Gasteiger partial charge is 0.417 e. The van der Waals surface area contributed by atoms with E-state index in [0.717, 1.165) is 17.0 Å². The molecule has 0 N–H and O–H groups in total. The molecule has 0 saturated heterocycles. The molecule has 2 aromatic heterocycles. The summed E-state index contributed by atoms with van der Waals surface area (Å²) in [5.41, 5.74) is 1.72. The van der Waals surface area contributed by atoms with E-state index < -0.39 is 0 Å². The van der Waals surface area contributed by atoms with Crippen LogP contribution in [-0.2, 0) is 6.61 Å². The minimum atomic E-state index is 0.160. The first-order chi connectivity index (χ1) is 7.16. The topological polar surface area (TPSA) is 74.2 Å². The molecule has 0 unspecified atom stereocenters. The van der Waals surface area contributed by atoms with E-state index in [9.17, 15) is 0 Å². The van der Waals surface area contributed by atoms with Crippen LogP contribution in [0.3, 0.4) is 0 Å². The van der Waals surface area contributed by atoms with Gasteiger partial charge in [0.1, 0.15) is 12.4 Å². The van der Waals surface area contributed by atoms with Crippen molar-refractivity contribution in [1.82, 2.24) is 15.3 Å². The summed E-state index contributed by atoms with van der Waals surface area (Å²) in [4.78, 5) is 3.92. The average molecular weight is 209 g/mol. The van der Waals surface area contributed by atoms with Gasteiger partial charge in [-0.05, 0) is 20.8 Å². The van der Waals surface area contributed by atoms with Gasteiger partial charge >= 0.3 is 6.08 Å². The Labute approximate surface area is 86.2 Å². The molecule has 0 spiro atoms. The summed E-state index contributed by atoms with van der Waals surface area (Å²) in [5.74, 6) is 1.28. The molecule has 0 saturated carbocycles. The maximum atomic E-state index is 5.29. The maximum Gasteiger partial charge on any atom is 0.417 e. The normalized spacial score (nSPS) is 10.6. The molecule has 0 aromatic carbocycles. The molecule has 15 heavy (non-hydrogen) atoms. The summed E-state index contributed by atoms with van der Waals surface area (Å²) in [5, 5.41) is 7.42. The summed E-state index contributed by atoms with van der Waals surface area (Å²) in [6, 6.07) is 0. The second-order valence-corrected chi connectivity index (χ2v) is 3.20. The van der Waals surface area contributed by atoms with E-state index in [-0.39, 0.29) is 6.08 Å². The van der Waals surface area contributed by atoms with Crippen LogP contribution in [0.15, 0.2) is 9.05 Å². The van der Waals surface area contributed by atoms with Crippen molar-refractivity contribution in [3.8, 4) is 6.08 Å². The Morgan fingerprint density at radius 1 is 1.13 bits per heavy atom. The number of ether oxygens (including phenoxy) is 1. The van der Waals surface area contributed by atoms with Crippen LogP contribution in [-0.4, -0.2) is 15.3 Å². The summed E-state index contributed by atoms with van der Waals surface area (Å²) >= 11 is 0. The number of aryl methyl sites for hydroxylation is 3. The molecule has 0 radical (unpaired) electrons. The first-order valence-electron chi connectivity index (χ1n) is 4.51. The highest BCUT2D eigenvalue weighted by Gasteiger charge is 2.11. The van der Waals surface area contributed by atoms with Gasteiger partial charge in [-0.3, -0.25) is 4.52 Å². The fourth-order valence-electron chi connectivity index (χ4n) is 1.18. The van der Waals surface area contributed by atoms with E-state index in [4.69, 9.17) is 13.8 Å². The maximum absolute atomic E-state index is 5.29. The third kappa shape index (κ3) is 1.98. The second-order valence-electron chi connectivity index (χ2n) is 3.20. The van der Waals surface area contributed by atoms with Gasteiger partial charge in [0.05, 0.1) is 11.3 Å². The highest BCUT2D eigenvalue weighted by atomic mass is 16.6. The predicted molar refractivity (Wildman–Crippen MR) is 49.3 cm³/mol. The highest BCUT2D eigenvalue weighted by Crippen LogP contribution is 2.15. The fourth-order valence-corrected chi connectivity index (χ4v) is 1.18. The van der Waals surface area contributed by atoms with E-state index in [1.807, 2.05) is 13.8 Å². The monoisotopic (exact) mass is 209 g/mol. The van der Waals surface area contributed by atoms with E-state index in [1.54, 1.807) is 6.92 Å². The average Bonchev–Trinajstić information content (AvgIpc) is 2.73. The summed E-state index contributed by atoms with van der Waals surface area (Å²) in [6.45, 7) is 5.74. The van der Waals surface area contributed by atoms with Crippen molar-refractivity contribution in [2.45, 2.75) is 27.4 Å². The molecule has 6 nitrogen and oxygen atoms in total. The van der Waals surface area contributed by atoms with E-state index in [0.29, 0.717) is 12.4 Å². The lowest BCUT2D eigenvalue weighted by Gasteiger charge is -1.98. The van der Waals surface area contributed by atoms with Crippen molar-refractivity contribution in [2.75, 3.05) is 0 Å². The lowest BCUT2D eigenvalue weighted by atomic mass is 10.2. The van der Waals surface area contributed by atoms with E-state index in [2.05, 4.69) is 15.3 Å². The van der Waals surface area contributed by atoms with Gasteiger partial charge in [0.15, 0.2) is 5.82 Å². The van der Waals surface area contributed by atoms with Gasteiger partial charge in [0.2, 0.25) is 0 Å². The summed E-state index contributed by atoms with van der Waals surface area (Å²) < 4.78 is 15.1. The fraction of sp³-hybridized carbons (Fsp3) is 0.444. The molecule has 0 aliphatic rings. The van der Waals surface area contributed by atoms with Crippen LogP contribution in [0.4, 0.5) is 0 Å². The Kier molecular flexibility index (Phi) is 2.40. The largest absolute Gasteiger partial charge is 0.444 e. The lowest BCUT2D eigenvalue weighted by molar-refractivity contribution is 0.193. The Morgan fingerprint density at radius 2 is 1.93 bits per heavy atom. The molecule has 0 amide bonds. The first kappa shape index (κ1) is 9.70. The Morgan fingerprint density at radius 3 is 2.47 bits per heavy atom. The Hall–Kier alpha value is -1.85. The zero-order valence-corrected chi connectivity index (χ0v) is 8.77. The van der Waals surface area contributed by atoms with Crippen molar-refractivity contribution in [3.05, 3.63) is 22.8 Å². The SMILES string of the molecule is Cc1noc(OCc2c(C)noc2C)n1. The van der Waals surface area contributed by atoms with Gasteiger partial charge in [-0.1, -0.05) is 10.3 Å². The first-order valence-corrected chi connectivity index (χ1v) is 4.51. The molecule has 0 bridgehead atoms. The van der Waals surface area contributed by atoms with Crippen LogP contribution in [0.1, 0.15) is 22.8 Å². The van der Waals surface area contributed by atoms with Crippen LogP contribution in [0.25, 0.3) is 0 Å². The van der Waals surface area contributed by atoms with Crippen molar-refractivity contribution < 1.29 is 13.8 Å². The third-order valence-electron chi connectivity index (χ3n) is 2.03. The number of nitrogens with zero attached hydrogens (tertiary/aromatic N) is 3. The standard InChI is InChI=1S/C9H11N3O3/c1-5-8(6(2)14-11-5)4-13-9-10-7(3)12-15-9/h4H2,1-3H3. The molecule has 2 aromatic rings.